The monoisotopic (exact) mass is 985 g/mol. The molecule has 0 aromatic heterocycles. The van der Waals surface area contributed by atoms with Crippen LogP contribution in [0.2, 0.25) is 0 Å². The summed E-state index contributed by atoms with van der Waals surface area (Å²) in [5.41, 5.74) is 1.66. The van der Waals surface area contributed by atoms with Crippen LogP contribution < -0.4 is 18.9 Å². The number of unbranched alkanes of at least 4 members (excludes halogenated alkanes) is 8. The summed E-state index contributed by atoms with van der Waals surface area (Å²) < 4.78 is 28.8. The number of likely N-dealkylation sites (tertiary alicyclic amines) is 2. The minimum atomic E-state index is -0.671. The van der Waals surface area contributed by atoms with Gasteiger partial charge in [0.25, 0.3) is 0 Å². The number of rotatable bonds is 25. The van der Waals surface area contributed by atoms with E-state index in [1.54, 1.807) is 28.2 Å². The lowest BCUT2D eigenvalue weighted by Gasteiger charge is -2.32. The number of Topliss-reactive ketones (excluding diaryl/α,β-unsaturated/α-hetero) is 2. The summed E-state index contributed by atoms with van der Waals surface area (Å²) in [6.45, 7) is 12.2. The molecule has 2 aromatic rings. The first-order valence-corrected chi connectivity index (χ1v) is 26.4. The number of ketones is 2. The summed E-state index contributed by atoms with van der Waals surface area (Å²) in [7, 11) is 6.55. The van der Waals surface area contributed by atoms with E-state index in [0.29, 0.717) is 69.4 Å². The number of hydrogen-bond donors (Lipinski definition) is 1. The zero-order valence-corrected chi connectivity index (χ0v) is 43.6. The van der Waals surface area contributed by atoms with Crippen LogP contribution in [0.25, 0.3) is 0 Å². The lowest BCUT2D eigenvalue weighted by atomic mass is 9.89. The summed E-state index contributed by atoms with van der Waals surface area (Å²) in [5.74, 6) is 3.11. The Hall–Kier alpha value is -4.11. The third-order valence-corrected chi connectivity index (χ3v) is 13.4. The minimum absolute atomic E-state index is 0.0844. The van der Waals surface area contributed by atoms with Crippen molar-refractivity contribution in [2.45, 2.75) is 142 Å². The van der Waals surface area contributed by atoms with E-state index in [-0.39, 0.29) is 23.4 Å². The summed E-state index contributed by atoms with van der Waals surface area (Å²) in [5, 5.41) is 10.7. The van der Waals surface area contributed by atoms with Crippen LogP contribution in [0.3, 0.4) is 0 Å². The zero-order chi connectivity index (χ0) is 50.0. The average molecular weight is 986 g/mol. The van der Waals surface area contributed by atoms with Gasteiger partial charge < -0.3 is 48.4 Å². The van der Waals surface area contributed by atoms with Crippen molar-refractivity contribution >= 4 is 34.6 Å². The number of carbonyl (C=O) groups excluding carboxylic acids is 4. The molecule has 0 radical (unpaired) electrons. The molecule has 2 fully saturated rings. The summed E-state index contributed by atoms with van der Waals surface area (Å²) in [6, 6.07) is 11.4. The molecule has 4 heterocycles. The van der Waals surface area contributed by atoms with Crippen LogP contribution in [0.4, 0.5) is 9.59 Å². The van der Waals surface area contributed by atoms with E-state index < -0.39 is 23.7 Å². The van der Waals surface area contributed by atoms with Gasteiger partial charge in [0.2, 0.25) is 0 Å². The van der Waals surface area contributed by atoms with Crippen LogP contribution >= 0.6 is 11.6 Å². The number of hydrogen-bond acceptors (Lipinski definition) is 12. The Labute approximate surface area is 418 Å². The Kier molecular flexibility index (Phi) is 26.6. The van der Waals surface area contributed by atoms with E-state index in [0.717, 1.165) is 81.8 Å². The molecule has 2 amide bonds. The Balaban J connectivity index is 0.000000271. The van der Waals surface area contributed by atoms with Crippen molar-refractivity contribution in [2.75, 3.05) is 93.9 Å². The second-order valence-electron chi connectivity index (χ2n) is 19.4. The van der Waals surface area contributed by atoms with E-state index >= 15 is 0 Å². The maximum atomic E-state index is 13.0. The number of halogens is 1. The molecule has 14 nitrogen and oxygen atoms in total. The largest absolute Gasteiger partial charge is 0.486 e. The Morgan fingerprint density at radius 2 is 1.00 bits per heavy atom. The number of amides is 2. The van der Waals surface area contributed by atoms with Crippen LogP contribution in [0.5, 0.6) is 23.0 Å². The summed E-state index contributed by atoms with van der Waals surface area (Å²) >= 11 is 4.90. The molecule has 6 rings (SSSR count). The van der Waals surface area contributed by atoms with Gasteiger partial charge in [-0.15, -0.1) is 0 Å². The maximum absolute atomic E-state index is 13.0. The van der Waals surface area contributed by atoms with Crippen molar-refractivity contribution in [3.05, 3.63) is 47.5 Å². The molecule has 69 heavy (non-hydrogen) atoms. The highest BCUT2D eigenvalue weighted by Crippen LogP contribution is 2.39. The van der Waals surface area contributed by atoms with Crippen molar-refractivity contribution in [1.82, 2.24) is 19.6 Å². The highest BCUT2D eigenvalue weighted by Gasteiger charge is 2.33. The quantitative estimate of drug-likeness (QED) is 0.0574. The lowest BCUT2D eigenvalue weighted by Crippen LogP contribution is -2.35. The highest BCUT2D eigenvalue weighted by molar-refractivity contribution is 6.62. The molecule has 0 unspecified atom stereocenters. The Bertz CT molecular complexity index is 1840. The predicted octanol–water partition coefficient (Wildman–Crippen LogP) is 10.7. The van der Waals surface area contributed by atoms with Crippen molar-refractivity contribution in [3.63, 3.8) is 0 Å². The van der Waals surface area contributed by atoms with Gasteiger partial charge >= 0.3 is 11.5 Å². The zero-order valence-electron chi connectivity index (χ0n) is 42.9. The molecule has 4 atom stereocenters. The van der Waals surface area contributed by atoms with Gasteiger partial charge in [-0.2, -0.15) is 0 Å². The van der Waals surface area contributed by atoms with Crippen LogP contribution in [-0.4, -0.2) is 142 Å². The van der Waals surface area contributed by atoms with E-state index in [9.17, 15) is 24.3 Å². The van der Waals surface area contributed by atoms with E-state index in [1.165, 1.54) is 74.0 Å². The van der Waals surface area contributed by atoms with Crippen molar-refractivity contribution in [3.8, 4) is 23.0 Å². The number of carbonyl (C=O) groups is 4. The number of ether oxygens (including phenoxy) is 5. The molecule has 0 aliphatic carbocycles. The molecular weight excluding hydrogens is 900 g/mol. The molecule has 388 valence electrons. The van der Waals surface area contributed by atoms with Gasteiger partial charge in [-0.1, -0.05) is 77.3 Å². The van der Waals surface area contributed by atoms with Gasteiger partial charge in [0.15, 0.2) is 23.0 Å². The van der Waals surface area contributed by atoms with Crippen molar-refractivity contribution in [1.29, 1.82) is 0 Å². The first-order chi connectivity index (χ1) is 33.3. The molecule has 0 saturated carbocycles. The van der Waals surface area contributed by atoms with E-state index in [1.807, 2.05) is 36.4 Å². The van der Waals surface area contributed by atoms with Gasteiger partial charge in [0, 0.05) is 78.8 Å². The van der Waals surface area contributed by atoms with Crippen molar-refractivity contribution in [2.24, 2.45) is 11.8 Å². The number of aliphatic hydroxyl groups is 1. The predicted molar refractivity (Wildman–Crippen MR) is 272 cm³/mol. The Morgan fingerprint density at radius 3 is 1.45 bits per heavy atom. The molecule has 0 bridgehead atoms. The van der Waals surface area contributed by atoms with Crippen LogP contribution in [0.1, 0.15) is 153 Å². The van der Waals surface area contributed by atoms with E-state index in [2.05, 4.69) is 23.6 Å². The first-order valence-electron chi connectivity index (χ1n) is 26.0. The number of aliphatic hydroxyl groups excluding tert-OH is 1. The minimum Gasteiger partial charge on any atom is -0.486 e. The van der Waals surface area contributed by atoms with Gasteiger partial charge in [0.1, 0.15) is 44.1 Å². The third kappa shape index (κ3) is 21.0. The SMILES string of the molecule is CCCCCCCC(=O)C[C@H](CN1CCCC1)[C@H](O)c1ccc2c(c1)OCCO2.CCCCCCCC(=O)C[C@H](CN1CCCC1)[C@H](OC(=O)N(C)C)c1ccc2c(c1)OCCO2.CN(C)C(=O)Cl. The van der Waals surface area contributed by atoms with Crippen molar-refractivity contribution < 1.29 is 48.0 Å². The fourth-order valence-electron chi connectivity index (χ4n) is 9.18. The normalized spacial score (nSPS) is 17.0. The molecule has 15 heteroatoms. The number of nitrogens with zero attached hydrogens (tertiary/aromatic N) is 4. The number of benzene rings is 2. The van der Waals surface area contributed by atoms with Gasteiger partial charge in [-0.3, -0.25) is 14.4 Å². The van der Waals surface area contributed by atoms with Gasteiger partial charge in [0.05, 0.1) is 6.10 Å². The first kappa shape index (κ1) is 57.5. The topological polar surface area (TPSA) is 148 Å². The van der Waals surface area contributed by atoms with Crippen LogP contribution in [0.15, 0.2) is 36.4 Å². The van der Waals surface area contributed by atoms with Gasteiger partial charge in [-0.05, 0) is 112 Å². The fraction of sp³-hybridized carbons (Fsp3) is 0.704. The molecule has 2 saturated heterocycles. The second-order valence-corrected chi connectivity index (χ2v) is 19.8. The average Bonchev–Trinajstić information content (AvgIpc) is 4.07. The highest BCUT2D eigenvalue weighted by atomic mass is 35.5. The van der Waals surface area contributed by atoms with Gasteiger partial charge in [-0.25, -0.2) is 4.79 Å². The molecule has 4 aliphatic heterocycles. The molecule has 1 N–H and O–H groups in total. The second kappa shape index (κ2) is 32.0. The lowest BCUT2D eigenvalue weighted by molar-refractivity contribution is -0.122. The van der Waals surface area contributed by atoms with Crippen LogP contribution in [0, 0.1) is 11.8 Å². The molecular formula is C54H85ClN4O10. The molecule has 2 aromatic carbocycles. The molecule has 4 aliphatic rings. The summed E-state index contributed by atoms with van der Waals surface area (Å²) in [6.07, 6.45) is 16.6. The maximum Gasteiger partial charge on any atom is 0.409 e. The standard InChI is InChI=1S/C27H42N2O5.C24H37NO4.C3H6ClNO/c1-4-5-6-7-8-11-23(30)18-22(20-29-14-9-10-15-29)26(34-27(31)28(2)3)21-12-13-24-25(19-21)33-17-16-32-24;1-2-3-4-5-6-9-21(26)16-20(18-25-12-7-8-13-25)24(27)19-10-11-22-23(17-19)29-15-14-28-22;1-5(2)3(4)6/h12-13,19,22,26H,4-11,14-18,20H2,1-3H3;10-11,17,20,24,27H,2-9,12-16,18H2,1H3;1-2H3/t22-,26-;20-,24-;/m11./s1. The molecule has 0 spiro atoms. The van der Waals surface area contributed by atoms with Crippen LogP contribution in [-0.2, 0) is 14.3 Å². The number of fused-ring (bicyclic) bond motifs is 2. The summed E-state index contributed by atoms with van der Waals surface area (Å²) in [4.78, 5) is 55.7. The fourth-order valence-corrected chi connectivity index (χ4v) is 9.18. The smallest absolute Gasteiger partial charge is 0.409 e. The third-order valence-electron chi connectivity index (χ3n) is 13.1. The van der Waals surface area contributed by atoms with E-state index in [4.69, 9.17) is 35.3 Å². The Morgan fingerprint density at radius 1 is 0.594 bits per heavy atom.